The van der Waals surface area contributed by atoms with E-state index in [0.717, 1.165) is 36.1 Å². The maximum absolute atomic E-state index is 10.7. The SMILES string of the molecule is O=C(O)COC1(c2ccc(Br)nc2)CCNCC1. The van der Waals surface area contributed by atoms with Crippen LogP contribution in [0, 0.1) is 0 Å². The number of aromatic nitrogens is 1. The molecule has 2 heterocycles. The van der Waals surface area contributed by atoms with E-state index in [2.05, 4.69) is 26.2 Å². The fourth-order valence-electron chi connectivity index (χ4n) is 2.19. The van der Waals surface area contributed by atoms with Crippen LogP contribution < -0.4 is 5.32 Å². The maximum atomic E-state index is 10.7. The first-order chi connectivity index (χ1) is 8.62. The van der Waals surface area contributed by atoms with E-state index in [1.54, 1.807) is 6.20 Å². The van der Waals surface area contributed by atoms with E-state index in [1.807, 2.05) is 12.1 Å². The van der Waals surface area contributed by atoms with Crippen molar-refractivity contribution in [3.63, 3.8) is 0 Å². The Bertz CT molecular complexity index is 416. The van der Waals surface area contributed by atoms with Crippen molar-refractivity contribution in [2.24, 2.45) is 0 Å². The Morgan fingerprint density at radius 2 is 2.22 bits per heavy atom. The molecule has 0 spiro atoms. The Kier molecular flexibility index (Phi) is 4.31. The molecule has 0 saturated carbocycles. The molecule has 1 aromatic heterocycles. The molecule has 98 valence electrons. The molecule has 0 unspecified atom stereocenters. The molecule has 0 amide bonds. The van der Waals surface area contributed by atoms with Crippen molar-refractivity contribution in [3.8, 4) is 0 Å². The van der Waals surface area contributed by atoms with Crippen molar-refractivity contribution in [1.29, 1.82) is 0 Å². The third kappa shape index (κ3) is 3.07. The van der Waals surface area contributed by atoms with E-state index < -0.39 is 11.6 Å². The van der Waals surface area contributed by atoms with Crippen LogP contribution in [0.4, 0.5) is 0 Å². The summed E-state index contributed by atoms with van der Waals surface area (Å²) in [5.41, 5.74) is 0.408. The van der Waals surface area contributed by atoms with Crippen LogP contribution in [0.3, 0.4) is 0 Å². The van der Waals surface area contributed by atoms with Crippen molar-refractivity contribution < 1.29 is 14.6 Å². The number of carboxylic acids is 1. The second-order valence-corrected chi connectivity index (χ2v) is 5.11. The van der Waals surface area contributed by atoms with Gasteiger partial charge in [0.15, 0.2) is 0 Å². The van der Waals surface area contributed by atoms with Gasteiger partial charge >= 0.3 is 5.97 Å². The number of carbonyl (C=O) groups is 1. The third-order valence-electron chi connectivity index (χ3n) is 3.14. The standard InChI is InChI=1S/C12H15BrN2O3/c13-10-2-1-9(7-15-10)12(18-8-11(16)17)3-5-14-6-4-12/h1-2,7,14H,3-6,8H2,(H,16,17). The summed E-state index contributed by atoms with van der Waals surface area (Å²) in [5, 5.41) is 12.0. The van der Waals surface area contributed by atoms with Gasteiger partial charge in [-0.3, -0.25) is 0 Å². The minimum absolute atomic E-state index is 0.282. The molecule has 0 radical (unpaired) electrons. The van der Waals surface area contributed by atoms with Gasteiger partial charge in [0.25, 0.3) is 0 Å². The number of piperidine rings is 1. The zero-order chi connectivity index (χ0) is 13.0. The summed E-state index contributed by atoms with van der Waals surface area (Å²) in [6.07, 6.45) is 3.25. The van der Waals surface area contributed by atoms with Crippen LogP contribution in [0.5, 0.6) is 0 Å². The number of halogens is 1. The Labute approximate surface area is 114 Å². The lowest BCUT2D eigenvalue weighted by Gasteiger charge is -2.37. The Balaban J connectivity index is 2.22. The Hall–Kier alpha value is -0.980. The monoisotopic (exact) mass is 314 g/mol. The van der Waals surface area contributed by atoms with Gasteiger partial charge in [0.2, 0.25) is 0 Å². The first-order valence-corrected chi connectivity index (χ1v) is 6.60. The molecule has 2 N–H and O–H groups in total. The average molecular weight is 315 g/mol. The van der Waals surface area contributed by atoms with Gasteiger partial charge < -0.3 is 15.2 Å². The van der Waals surface area contributed by atoms with Crippen LogP contribution in [0.1, 0.15) is 18.4 Å². The minimum Gasteiger partial charge on any atom is -0.480 e. The largest absolute Gasteiger partial charge is 0.480 e. The summed E-state index contributed by atoms with van der Waals surface area (Å²) in [7, 11) is 0. The number of carboxylic acid groups (broad SMARTS) is 1. The van der Waals surface area contributed by atoms with Gasteiger partial charge in [-0.05, 0) is 47.9 Å². The van der Waals surface area contributed by atoms with Crippen LogP contribution >= 0.6 is 15.9 Å². The fourth-order valence-corrected chi connectivity index (χ4v) is 2.43. The lowest BCUT2D eigenvalue weighted by atomic mass is 9.85. The molecular formula is C12H15BrN2O3. The summed E-state index contributed by atoms with van der Waals surface area (Å²) in [6.45, 7) is 1.35. The molecule has 5 nitrogen and oxygen atoms in total. The van der Waals surface area contributed by atoms with Crippen molar-refractivity contribution in [2.75, 3.05) is 19.7 Å². The molecule has 0 aromatic carbocycles. The molecule has 1 aliphatic heterocycles. The first-order valence-electron chi connectivity index (χ1n) is 5.81. The molecule has 1 aromatic rings. The van der Waals surface area contributed by atoms with Gasteiger partial charge in [-0.1, -0.05) is 6.07 Å². The highest BCUT2D eigenvalue weighted by Crippen LogP contribution is 2.34. The average Bonchev–Trinajstić information content (AvgIpc) is 2.38. The smallest absolute Gasteiger partial charge is 0.329 e. The lowest BCUT2D eigenvalue weighted by Crippen LogP contribution is -2.42. The molecule has 0 aliphatic carbocycles. The van der Waals surface area contributed by atoms with Crippen LogP contribution in [-0.4, -0.2) is 35.8 Å². The quantitative estimate of drug-likeness (QED) is 0.825. The predicted molar refractivity (Wildman–Crippen MR) is 69.3 cm³/mol. The molecule has 1 aliphatic rings. The Morgan fingerprint density at radius 1 is 1.50 bits per heavy atom. The molecule has 1 fully saturated rings. The highest BCUT2D eigenvalue weighted by molar-refractivity contribution is 9.10. The van der Waals surface area contributed by atoms with Gasteiger partial charge in [-0.25, -0.2) is 9.78 Å². The molecule has 0 bridgehead atoms. The second kappa shape index (κ2) is 5.77. The molecule has 0 atom stereocenters. The zero-order valence-electron chi connectivity index (χ0n) is 9.86. The predicted octanol–water partition coefficient (Wildman–Crippen LogP) is 1.52. The van der Waals surface area contributed by atoms with Crippen LogP contribution in [0.2, 0.25) is 0 Å². The number of nitrogens with one attached hydrogen (secondary N) is 1. The van der Waals surface area contributed by atoms with E-state index in [-0.39, 0.29) is 6.61 Å². The van der Waals surface area contributed by atoms with E-state index >= 15 is 0 Å². The normalized spacial score (nSPS) is 18.5. The van der Waals surface area contributed by atoms with E-state index in [0.29, 0.717) is 0 Å². The summed E-state index contributed by atoms with van der Waals surface area (Å²) in [4.78, 5) is 14.9. The van der Waals surface area contributed by atoms with E-state index in [9.17, 15) is 4.79 Å². The summed E-state index contributed by atoms with van der Waals surface area (Å²) in [5.74, 6) is -0.946. The number of aliphatic carboxylic acids is 1. The summed E-state index contributed by atoms with van der Waals surface area (Å²) >= 11 is 3.29. The number of rotatable bonds is 4. The Morgan fingerprint density at radius 3 is 2.78 bits per heavy atom. The number of ether oxygens (including phenoxy) is 1. The van der Waals surface area contributed by atoms with Crippen LogP contribution in [0.15, 0.2) is 22.9 Å². The first kappa shape index (κ1) is 13.5. The maximum Gasteiger partial charge on any atom is 0.329 e. The number of nitrogens with zero attached hydrogens (tertiary/aromatic N) is 1. The van der Waals surface area contributed by atoms with Gasteiger partial charge in [0.1, 0.15) is 11.2 Å². The molecule has 1 saturated heterocycles. The third-order valence-corrected chi connectivity index (χ3v) is 3.61. The topological polar surface area (TPSA) is 71.5 Å². The van der Waals surface area contributed by atoms with Gasteiger partial charge in [-0.15, -0.1) is 0 Å². The van der Waals surface area contributed by atoms with Gasteiger partial charge in [0.05, 0.1) is 5.60 Å². The minimum atomic E-state index is -0.946. The molecule has 18 heavy (non-hydrogen) atoms. The van der Waals surface area contributed by atoms with Crippen LogP contribution in [-0.2, 0) is 15.1 Å². The van der Waals surface area contributed by atoms with Gasteiger partial charge in [-0.2, -0.15) is 0 Å². The lowest BCUT2D eigenvalue weighted by molar-refractivity contribution is -0.153. The van der Waals surface area contributed by atoms with Crippen LogP contribution in [0.25, 0.3) is 0 Å². The summed E-state index contributed by atoms with van der Waals surface area (Å²) < 4.78 is 6.42. The van der Waals surface area contributed by atoms with Crippen molar-refractivity contribution in [1.82, 2.24) is 10.3 Å². The highest BCUT2D eigenvalue weighted by atomic mass is 79.9. The highest BCUT2D eigenvalue weighted by Gasteiger charge is 2.35. The zero-order valence-corrected chi connectivity index (χ0v) is 11.4. The number of hydrogen-bond acceptors (Lipinski definition) is 4. The number of hydrogen-bond donors (Lipinski definition) is 2. The van der Waals surface area contributed by atoms with Crippen molar-refractivity contribution in [3.05, 3.63) is 28.5 Å². The molecule has 2 rings (SSSR count). The molecule has 6 heteroatoms. The molecular weight excluding hydrogens is 300 g/mol. The van der Waals surface area contributed by atoms with Crippen molar-refractivity contribution >= 4 is 21.9 Å². The number of pyridine rings is 1. The van der Waals surface area contributed by atoms with Gasteiger partial charge in [0, 0.05) is 11.8 Å². The fraction of sp³-hybridized carbons (Fsp3) is 0.500. The second-order valence-electron chi connectivity index (χ2n) is 4.30. The van der Waals surface area contributed by atoms with Crippen molar-refractivity contribution in [2.45, 2.75) is 18.4 Å². The summed E-state index contributed by atoms with van der Waals surface area (Å²) in [6, 6.07) is 3.79. The van der Waals surface area contributed by atoms with E-state index in [1.165, 1.54) is 0 Å². The van der Waals surface area contributed by atoms with E-state index in [4.69, 9.17) is 9.84 Å².